The van der Waals surface area contributed by atoms with E-state index in [0.717, 1.165) is 67.3 Å². The van der Waals surface area contributed by atoms with Gasteiger partial charge in [0.25, 0.3) is 0 Å². The minimum Gasteiger partial charge on any atom is -0.551 e. The highest BCUT2D eigenvalue weighted by atomic mass is 16.5. The molecule has 304 valence electrons. The summed E-state index contributed by atoms with van der Waals surface area (Å²) in [6, 6.07) is 74.9. The van der Waals surface area contributed by atoms with Crippen LogP contribution in [-0.4, -0.2) is 20.5 Å². The number of hydrogen-bond acceptors (Lipinski definition) is 2. The molecule has 10 aromatic carbocycles. The lowest BCUT2D eigenvalue weighted by Gasteiger charge is -2.33. The van der Waals surface area contributed by atoms with Crippen molar-refractivity contribution >= 4 is 99.5 Å². The van der Waals surface area contributed by atoms with Crippen molar-refractivity contribution in [3.8, 4) is 50.9 Å². The van der Waals surface area contributed by atoms with E-state index in [-0.39, 0.29) is 6.92 Å². The van der Waals surface area contributed by atoms with Gasteiger partial charge in [0.05, 0.1) is 44.3 Å². The maximum atomic E-state index is 7.08. The summed E-state index contributed by atoms with van der Waals surface area (Å²) < 4.78 is 21.4. The van der Waals surface area contributed by atoms with E-state index in [1.54, 1.807) is 0 Å². The van der Waals surface area contributed by atoms with E-state index in [4.69, 9.17) is 9.39 Å². The van der Waals surface area contributed by atoms with Crippen molar-refractivity contribution < 1.29 is 9.39 Å². The summed E-state index contributed by atoms with van der Waals surface area (Å²) in [5, 5.41) is 10.0. The Morgan fingerprint density at radius 1 is 0.348 bits per heavy atom. The second-order valence-corrected chi connectivity index (χ2v) is 17.9. The van der Waals surface area contributed by atoms with Gasteiger partial charge in [-0.15, -0.1) is 0 Å². The smallest absolute Gasteiger partial charge is 0.434 e. The van der Waals surface area contributed by atoms with Crippen LogP contribution in [0.1, 0.15) is 0 Å². The standard InChI is InChI=1S/C60H34BN3O2/c1-7-19-49-39(13-1)40-14-2-8-20-50(40)62(49)37-28-25-35(26-29-37)36-27-30-55-48(31-36)61-58-45(43-17-6-12-24-54(43)66-61)32-38(33-56(58)65-55)63-51-21-9-3-15-41(51)46-34-47-42-16-4-10-22-52(42)64-53-23-11-5-18-44(53)57(59(46)63)60(47)64/h1-34H. The third-order valence-electron chi connectivity index (χ3n) is 14.6. The van der Waals surface area contributed by atoms with Gasteiger partial charge in [-0.1, -0.05) is 133 Å². The van der Waals surface area contributed by atoms with E-state index in [1.807, 2.05) is 0 Å². The van der Waals surface area contributed by atoms with Gasteiger partial charge in [-0.3, -0.25) is 0 Å². The fraction of sp³-hybridized carbons (Fsp3) is 0. The lowest BCUT2D eigenvalue weighted by atomic mass is 9.50. The summed E-state index contributed by atoms with van der Waals surface area (Å²) in [4.78, 5) is 0. The first-order valence-electron chi connectivity index (χ1n) is 22.7. The average molecular weight is 840 g/mol. The molecule has 2 aliphatic heterocycles. The first-order valence-corrected chi connectivity index (χ1v) is 22.7. The molecule has 16 rings (SSSR count). The van der Waals surface area contributed by atoms with Crippen LogP contribution in [0, 0.1) is 0 Å². The molecule has 0 N–H and O–H groups in total. The summed E-state index contributed by atoms with van der Waals surface area (Å²) >= 11 is 0. The molecule has 0 fully saturated rings. The molecule has 0 unspecified atom stereocenters. The highest BCUT2D eigenvalue weighted by molar-refractivity contribution is 6.84. The zero-order chi connectivity index (χ0) is 42.8. The fourth-order valence-corrected chi connectivity index (χ4v) is 11.9. The first kappa shape index (κ1) is 34.7. The van der Waals surface area contributed by atoms with E-state index in [9.17, 15) is 0 Å². The van der Waals surface area contributed by atoms with Crippen LogP contribution in [0.25, 0.3) is 115 Å². The molecule has 0 saturated heterocycles. The average Bonchev–Trinajstić information content (AvgIpc) is 4.10. The lowest BCUT2D eigenvalue weighted by molar-refractivity contribution is 0.479. The molecule has 0 saturated carbocycles. The van der Waals surface area contributed by atoms with Gasteiger partial charge in [-0.05, 0) is 83.4 Å². The van der Waals surface area contributed by atoms with Gasteiger partial charge in [0.15, 0.2) is 0 Å². The van der Waals surface area contributed by atoms with Crippen LogP contribution in [0.5, 0.6) is 17.2 Å². The Balaban J connectivity index is 0.885. The fourth-order valence-electron chi connectivity index (χ4n) is 11.9. The van der Waals surface area contributed by atoms with Gasteiger partial charge >= 0.3 is 6.92 Å². The number of ether oxygens (including phenoxy) is 1. The Hall–Kier alpha value is -8.74. The van der Waals surface area contributed by atoms with Gasteiger partial charge in [0, 0.05) is 71.3 Å². The second kappa shape index (κ2) is 12.5. The van der Waals surface area contributed by atoms with Crippen molar-refractivity contribution in [3.63, 3.8) is 0 Å². The molecule has 0 bridgehead atoms. The Labute approximate surface area is 377 Å². The van der Waals surface area contributed by atoms with Crippen molar-refractivity contribution in [2.75, 3.05) is 0 Å². The van der Waals surface area contributed by atoms with E-state index in [1.165, 1.54) is 76.2 Å². The van der Waals surface area contributed by atoms with Crippen LogP contribution >= 0.6 is 0 Å². The van der Waals surface area contributed by atoms with Gasteiger partial charge in [0.1, 0.15) is 17.2 Å². The van der Waals surface area contributed by atoms with E-state index >= 15 is 0 Å². The van der Waals surface area contributed by atoms with Gasteiger partial charge in [0.2, 0.25) is 0 Å². The first-order chi connectivity index (χ1) is 32.7. The quantitative estimate of drug-likeness (QED) is 0.166. The number of rotatable bonds is 3. The number of aromatic nitrogens is 3. The van der Waals surface area contributed by atoms with Crippen molar-refractivity contribution in [1.82, 2.24) is 13.5 Å². The molecule has 0 aliphatic carbocycles. The van der Waals surface area contributed by atoms with E-state index in [2.05, 4.69) is 220 Å². The minimum atomic E-state index is -0.350. The maximum Gasteiger partial charge on any atom is 0.434 e. The Morgan fingerprint density at radius 3 is 1.64 bits per heavy atom. The molecule has 0 spiro atoms. The summed E-state index contributed by atoms with van der Waals surface area (Å²) in [5.41, 5.74) is 17.2. The summed E-state index contributed by atoms with van der Waals surface area (Å²) in [5.74, 6) is 2.49. The summed E-state index contributed by atoms with van der Waals surface area (Å²) in [7, 11) is 0. The van der Waals surface area contributed by atoms with Crippen LogP contribution < -0.4 is 20.3 Å². The SMILES string of the molecule is c1ccc2c(c1)OB1c3cc(-c4ccc(-n5c6ccccc6c6ccccc65)cc4)ccc3Oc3cc(-n4c5ccccc5c5cc6c7ccccc7n7c8ccccc8c(c54)c67)cc-2c31. The zero-order valence-electron chi connectivity index (χ0n) is 35.4. The highest BCUT2D eigenvalue weighted by Gasteiger charge is 2.41. The van der Waals surface area contributed by atoms with Gasteiger partial charge in [-0.25, -0.2) is 0 Å². The molecule has 4 aromatic heterocycles. The normalized spacial score (nSPS) is 13.1. The van der Waals surface area contributed by atoms with E-state index in [0.29, 0.717) is 0 Å². The molecule has 5 nitrogen and oxygen atoms in total. The molecule has 0 atom stereocenters. The molecular formula is C60H34BN3O2. The summed E-state index contributed by atoms with van der Waals surface area (Å²) in [6.45, 7) is -0.350. The molecule has 14 aromatic rings. The Morgan fingerprint density at radius 2 is 0.909 bits per heavy atom. The molecule has 2 aliphatic rings. The van der Waals surface area contributed by atoms with Crippen LogP contribution in [0.15, 0.2) is 206 Å². The van der Waals surface area contributed by atoms with Crippen LogP contribution in [0.4, 0.5) is 0 Å². The number of benzene rings is 10. The molecular weight excluding hydrogens is 805 g/mol. The molecule has 0 amide bonds. The number of fused-ring (bicyclic) bond motifs is 17. The lowest BCUT2D eigenvalue weighted by Crippen LogP contribution is -2.53. The van der Waals surface area contributed by atoms with E-state index < -0.39 is 0 Å². The predicted molar refractivity (Wildman–Crippen MR) is 273 cm³/mol. The van der Waals surface area contributed by atoms with Crippen molar-refractivity contribution in [3.05, 3.63) is 206 Å². The number of para-hydroxylation sites is 6. The number of hydrogen-bond donors (Lipinski definition) is 0. The molecule has 66 heavy (non-hydrogen) atoms. The molecule has 6 heterocycles. The van der Waals surface area contributed by atoms with Crippen LogP contribution in [-0.2, 0) is 0 Å². The van der Waals surface area contributed by atoms with Crippen molar-refractivity contribution in [1.29, 1.82) is 0 Å². The second-order valence-electron chi connectivity index (χ2n) is 17.9. The largest absolute Gasteiger partial charge is 0.551 e. The Bertz CT molecular complexity index is 4370. The van der Waals surface area contributed by atoms with Gasteiger partial charge in [-0.2, -0.15) is 0 Å². The van der Waals surface area contributed by atoms with Crippen LogP contribution in [0.2, 0.25) is 0 Å². The third-order valence-corrected chi connectivity index (χ3v) is 14.6. The van der Waals surface area contributed by atoms with Gasteiger partial charge < -0.3 is 22.9 Å². The zero-order valence-corrected chi connectivity index (χ0v) is 35.4. The topological polar surface area (TPSA) is 32.7 Å². The molecule has 6 heteroatoms. The van der Waals surface area contributed by atoms with Crippen LogP contribution in [0.3, 0.4) is 0 Å². The highest BCUT2D eigenvalue weighted by Crippen LogP contribution is 2.48. The third kappa shape index (κ3) is 4.40. The minimum absolute atomic E-state index is 0.350. The predicted octanol–water partition coefficient (Wildman–Crippen LogP) is 14.0. The Kier molecular flexibility index (Phi) is 6.57. The molecule has 0 radical (unpaired) electrons. The number of nitrogens with zero attached hydrogens (tertiary/aromatic N) is 3. The van der Waals surface area contributed by atoms with Crippen molar-refractivity contribution in [2.24, 2.45) is 0 Å². The monoisotopic (exact) mass is 839 g/mol. The summed E-state index contributed by atoms with van der Waals surface area (Å²) in [6.07, 6.45) is 0. The maximum absolute atomic E-state index is 7.08. The van der Waals surface area contributed by atoms with Crippen molar-refractivity contribution in [2.45, 2.75) is 0 Å².